The highest BCUT2D eigenvalue weighted by atomic mass is 79.9. The van der Waals surface area contributed by atoms with E-state index in [0.29, 0.717) is 16.7 Å². The maximum absolute atomic E-state index is 6.22. The SMILES string of the molecule is Cc1ccc(NC2CCOc3c(Cl)cc(Cl)cc32)c(Br)c1. The van der Waals surface area contributed by atoms with E-state index in [0.717, 1.165) is 27.9 Å². The first-order chi connectivity index (χ1) is 10.0. The maximum atomic E-state index is 6.22. The molecule has 2 aromatic carbocycles. The quantitative estimate of drug-likeness (QED) is 0.683. The zero-order valence-corrected chi connectivity index (χ0v) is 14.5. The molecule has 0 aromatic heterocycles. The lowest BCUT2D eigenvalue weighted by Crippen LogP contribution is -2.20. The zero-order valence-electron chi connectivity index (χ0n) is 11.4. The molecule has 1 atom stereocenters. The summed E-state index contributed by atoms with van der Waals surface area (Å²) in [5, 5.41) is 4.73. The van der Waals surface area contributed by atoms with Crippen LogP contribution >= 0.6 is 39.1 Å². The number of ether oxygens (including phenoxy) is 1. The van der Waals surface area contributed by atoms with Crippen molar-refractivity contribution in [1.82, 2.24) is 0 Å². The van der Waals surface area contributed by atoms with Crippen molar-refractivity contribution in [3.05, 3.63) is 56.0 Å². The molecule has 110 valence electrons. The average molecular weight is 387 g/mol. The van der Waals surface area contributed by atoms with Crippen LogP contribution in [0.4, 0.5) is 5.69 Å². The zero-order chi connectivity index (χ0) is 15.0. The Hall–Kier alpha value is -0.900. The molecule has 1 aliphatic heterocycles. The van der Waals surface area contributed by atoms with Crippen LogP contribution in [0.15, 0.2) is 34.8 Å². The third kappa shape index (κ3) is 3.15. The average Bonchev–Trinajstić information content (AvgIpc) is 2.42. The molecule has 0 amide bonds. The second kappa shape index (κ2) is 6.07. The van der Waals surface area contributed by atoms with E-state index >= 15 is 0 Å². The Balaban J connectivity index is 1.95. The first-order valence-electron chi connectivity index (χ1n) is 6.69. The molecule has 2 nitrogen and oxygen atoms in total. The number of halogens is 3. The number of hydrogen-bond acceptors (Lipinski definition) is 2. The molecular weight excluding hydrogens is 373 g/mol. The fraction of sp³-hybridized carbons (Fsp3) is 0.250. The monoisotopic (exact) mass is 385 g/mol. The van der Waals surface area contributed by atoms with Gasteiger partial charge in [0.05, 0.1) is 17.7 Å². The normalized spacial score (nSPS) is 17.0. The van der Waals surface area contributed by atoms with Gasteiger partial charge >= 0.3 is 0 Å². The van der Waals surface area contributed by atoms with Crippen LogP contribution in [-0.2, 0) is 0 Å². The van der Waals surface area contributed by atoms with Crippen molar-refractivity contribution in [2.45, 2.75) is 19.4 Å². The molecule has 2 aromatic rings. The predicted octanol–water partition coefficient (Wildman–Crippen LogP) is 6.00. The van der Waals surface area contributed by atoms with Crippen molar-refractivity contribution >= 4 is 44.8 Å². The largest absolute Gasteiger partial charge is 0.492 e. The second-order valence-electron chi connectivity index (χ2n) is 5.12. The van der Waals surface area contributed by atoms with Crippen molar-refractivity contribution in [2.24, 2.45) is 0 Å². The van der Waals surface area contributed by atoms with Crippen LogP contribution in [0.3, 0.4) is 0 Å². The summed E-state index contributed by atoms with van der Waals surface area (Å²) in [6.45, 7) is 2.70. The summed E-state index contributed by atoms with van der Waals surface area (Å²) in [5.41, 5.74) is 3.27. The highest BCUT2D eigenvalue weighted by Gasteiger charge is 2.24. The van der Waals surface area contributed by atoms with Crippen molar-refractivity contribution in [2.75, 3.05) is 11.9 Å². The molecule has 0 saturated carbocycles. The minimum atomic E-state index is 0.129. The summed E-state index contributed by atoms with van der Waals surface area (Å²) in [7, 11) is 0. The van der Waals surface area contributed by atoms with Gasteiger partial charge in [0.25, 0.3) is 0 Å². The summed E-state index contributed by atoms with van der Waals surface area (Å²) in [6.07, 6.45) is 0.865. The fourth-order valence-electron chi connectivity index (χ4n) is 2.50. The van der Waals surface area contributed by atoms with E-state index in [2.05, 4.69) is 46.4 Å². The minimum absolute atomic E-state index is 0.129. The molecule has 0 radical (unpaired) electrons. The van der Waals surface area contributed by atoms with Crippen LogP contribution in [0.1, 0.15) is 23.6 Å². The molecule has 0 saturated heterocycles. The van der Waals surface area contributed by atoms with E-state index in [1.807, 2.05) is 6.07 Å². The molecule has 3 rings (SSSR count). The third-order valence-electron chi connectivity index (χ3n) is 3.52. The van der Waals surface area contributed by atoms with Gasteiger partial charge in [0.2, 0.25) is 0 Å². The smallest absolute Gasteiger partial charge is 0.143 e. The second-order valence-corrected chi connectivity index (χ2v) is 6.82. The summed E-state index contributed by atoms with van der Waals surface area (Å²) in [4.78, 5) is 0. The maximum Gasteiger partial charge on any atom is 0.143 e. The van der Waals surface area contributed by atoms with Gasteiger partial charge in [-0.1, -0.05) is 29.3 Å². The number of aryl methyl sites for hydroxylation is 1. The van der Waals surface area contributed by atoms with Crippen LogP contribution in [0.5, 0.6) is 5.75 Å². The van der Waals surface area contributed by atoms with Crippen LogP contribution in [0, 0.1) is 6.92 Å². The first kappa shape index (κ1) is 15.0. The van der Waals surface area contributed by atoms with Gasteiger partial charge < -0.3 is 10.1 Å². The molecular formula is C16H14BrCl2NO. The Morgan fingerprint density at radius 2 is 2.05 bits per heavy atom. The molecule has 1 unspecified atom stereocenters. The summed E-state index contributed by atoms with van der Waals surface area (Å²) >= 11 is 15.9. The van der Waals surface area contributed by atoms with Gasteiger partial charge in [-0.2, -0.15) is 0 Å². The summed E-state index contributed by atoms with van der Waals surface area (Å²) < 4.78 is 6.73. The van der Waals surface area contributed by atoms with E-state index < -0.39 is 0 Å². The highest BCUT2D eigenvalue weighted by Crippen LogP contribution is 2.41. The molecule has 21 heavy (non-hydrogen) atoms. The lowest BCUT2D eigenvalue weighted by molar-refractivity contribution is 0.274. The predicted molar refractivity (Wildman–Crippen MR) is 91.8 cm³/mol. The van der Waals surface area contributed by atoms with E-state index in [1.54, 1.807) is 6.07 Å². The van der Waals surface area contributed by atoms with Crippen LogP contribution in [0.25, 0.3) is 0 Å². The number of nitrogens with one attached hydrogen (secondary N) is 1. The standard InChI is InChI=1S/C16H14BrCl2NO/c1-9-2-3-15(12(17)6-9)20-14-4-5-21-16-11(14)7-10(18)8-13(16)19/h2-3,6-8,14,20H,4-5H2,1H3. The highest BCUT2D eigenvalue weighted by molar-refractivity contribution is 9.10. The van der Waals surface area contributed by atoms with Crippen LogP contribution in [-0.4, -0.2) is 6.61 Å². The molecule has 0 aliphatic carbocycles. The molecule has 0 spiro atoms. The molecule has 1 aliphatic rings. The van der Waals surface area contributed by atoms with Crippen molar-refractivity contribution in [3.63, 3.8) is 0 Å². The Bertz CT molecular complexity index is 690. The number of fused-ring (bicyclic) bond motifs is 1. The number of benzene rings is 2. The number of rotatable bonds is 2. The number of hydrogen-bond donors (Lipinski definition) is 1. The molecule has 0 bridgehead atoms. The Morgan fingerprint density at radius 1 is 1.24 bits per heavy atom. The van der Waals surface area contributed by atoms with Gasteiger partial charge in [0.15, 0.2) is 0 Å². The van der Waals surface area contributed by atoms with Gasteiger partial charge in [-0.3, -0.25) is 0 Å². The van der Waals surface area contributed by atoms with Gasteiger partial charge in [-0.15, -0.1) is 0 Å². The molecule has 0 fully saturated rings. The minimum Gasteiger partial charge on any atom is -0.492 e. The van der Waals surface area contributed by atoms with Crippen molar-refractivity contribution in [1.29, 1.82) is 0 Å². The van der Waals surface area contributed by atoms with E-state index in [-0.39, 0.29) is 6.04 Å². The Labute approximate surface area is 142 Å². The number of anilines is 1. The van der Waals surface area contributed by atoms with Gasteiger partial charge in [-0.05, 0) is 52.7 Å². The molecule has 1 N–H and O–H groups in total. The van der Waals surface area contributed by atoms with Gasteiger partial charge in [0.1, 0.15) is 5.75 Å². The van der Waals surface area contributed by atoms with E-state index in [9.17, 15) is 0 Å². The molecule has 5 heteroatoms. The Morgan fingerprint density at radius 3 is 2.81 bits per heavy atom. The summed E-state index contributed by atoms with van der Waals surface area (Å²) in [5.74, 6) is 0.730. The topological polar surface area (TPSA) is 21.3 Å². The van der Waals surface area contributed by atoms with Crippen LogP contribution < -0.4 is 10.1 Å². The van der Waals surface area contributed by atoms with E-state index in [1.165, 1.54) is 5.56 Å². The third-order valence-corrected chi connectivity index (χ3v) is 4.67. The van der Waals surface area contributed by atoms with Crippen molar-refractivity contribution in [3.8, 4) is 5.75 Å². The van der Waals surface area contributed by atoms with E-state index in [4.69, 9.17) is 27.9 Å². The van der Waals surface area contributed by atoms with Crippen LogP contribution in [0.2, 0.25) is 10.0 Å². The lowest BCUT2D eigenvalue weighted by Gasteiger charge is -2.28. The fourth-order valence-corrected chi connectivity index (χ4v) is 3.67. The lowest BCUT2D eigenvalue weighted by atomic mass is 10.00. The first-order valence-corrected chi connectivity index (χ1v) is 8.24. The van der Waals surface area contributed by atoms with Crippen molar-refractivity contribution < 1.29 is 4.74 Å². The van der Waals surface area contributed by atoms with Gasteiger partial charge in [-0.25, -0.2) is 0 Å². The summed E-state index contributed by atoms with van der Waals surface area (Å²) in [6, 6.07) is 10.0. The Kier molecular flexibility index (Phi) is 4.34. The molecule has 1 heterocycles. The van der Waals surface area contributed by atoms with Gasteiger partial charge in [0, 0.05) is 27.2 Å².